The Hall–Kier alpha value is -2.57. The van der Waals surface area contributed by atoms with Gasteiger partial charge in [0.2, 0.25) is 6.29 Å². The Balaban J connectivity index is 1.87. The van der Waals surface area contributed by atoms with E-state index in [1.807, 2.05) is 12.1 Å². The predicted octanol–water partition coefficient (Wildman–Crippen LogP) is -0.421. The molecular weight excluding hydrogens is 446 g/mol. The summed E-state index contributed by atoms with van der Waals surface area (Å²) in [6.07, 6.45) is -5.99. The second kappa shape index (κ2) is 11.2. The minimum absolute atomic E-state index is 0.107. The molecular formula is C24H31NO9. The Morgan fingerprint density at radius 3 is 2.53 bits per heavy atom. The van der Waals surface area contributed by atoms with Crippen LogP contribution in [0, 0.1) is 6.92 Å². The van der Waals surface area contributed by atoms with E-state index in [0.717, 1.165) is 11.1 Å². The summed E-state index contributed by atoms with van der Waals surface area (Å²) < 4.78 is 16.7. The van der Waals surface area contributed by atoms with Gasteiger partial charge in [-0.05, 0) is 47.9 Å². The monoisotopic (exact) mass is 477 g/mol. The summed E-state index contributed by atoms with van der Waals surface area (Å²) in [5.74, 6) is 0.131. The van der Waals surface area contributed by atoms with E-state index >= 15 is 0 Å². The van der Waals surface area contributed by atoms with Crippen LogP contribution < -0.4 is 10.1 Å². The van der Waals surface area contributed by atoms with Gasteiger partial charge in [-0.15, -0.1) is 0 Å². The van der Waals surface area contributed by atoms with Gasteiger partial charge in [0.05, 0.1) is 26.4 Å². The van der Waals surface area contributed by atoms with Gasteiger partial charge >= 0.3 is 0 Å². The molecule has 0 spiro atoms. The highest BCUT2D eigenvalue weighted by Crippen LogP contribution is 2.34. The first-order valence-electron chi connectivity index (χ1n) is 10.9. The molecule has 6 N–H and O–H groups in total. The molecule has 10 nitrogen and oxygen atoms in total. The third-order valence-electron chi connectivity index (χ3n) is 5.77. The first-order valence-corrected chi connectivity index (χ1v) is 10.9. The van der Waals surface area contributed by atoms with Crippen LogP contribution in [0.25, 0.3) is 11.1 Å². The number of nitrogens with one attached hydrogen (secondary N) is 1. The van der Waals surface area contributed by atoms with Crippen LogP contribution in [0.4, 0.5) is 0 Å². The minimum atomic E-state index is -2.17. The number of aryl methyl sites for hydroxylation is 1. The van der Waals surface area contributed by atoms with Crippen LogP contribution in [-0.4, -0.2) is 95.1 Å². The van der Waals surface area contributed by atoms with Gasteiger partial charge in [0.1, 0.15) is 24.1 Å². The fraction of sp³-hybridized carbons (Fsp3) is 0.458. The lowest BCUT2D eigenvalue weighted by Crippen LogP contribution is -2.69. The number of hydrogen-bond donors (Lipinski definition) is 6. The van der Waals surface area contributed by atoms with E-state index in [9.17, 15) is 25.2 Å². The molecule has 5 unspecified atom stereocenters. The van der Waals surface area contributed by atoms with Gasteiger partial charge in [0.25, 0.3) is 5.91 Å². The van der Waals surface area contributed by atoms with Crippen molar-refractivity contribution in [3.05, 3.63) is 53.6 Å². The van der Waals surface area contributed by atoms with Crippen LogP contribution in [0.2, 0.25) is 0 Å². The number of ether oxygens (including phenoxy) is 3. The van der Waals surface area contributed by atoms with Crippen molar-refractivity contribution < 1.29 is 44.5 Å². The van der Waals surface area contributed by atoms with Crippen molar-refractivity contribution >= 4 is 5.91 Å². The smallest absolute Gasteiger partial charge is 0.251 e. The number of aliphatic hydroxyl groups excluding tert-OH is 4. The van der Waals surface area contributed by atoms with Gasteiger partial charge in [-0.3, -0.25) is 4.79 Å². The Bertz CT molecular complexity index is 985. The lowest BCUT2D eigenvalue weighted by atomic mass is 9.87. The van der Waals surface area contributed by atoms with Crippen LogP contribution in [0.15, 0.2) is 42.5 Å². The fourth-order valence-corrected chi connectivity index (χ4v) is 3.79. The molecule has 0 saturated carbocycles. The summed E-state index contributed by atoms with van der Waals surface area (Å²) in [7, 11) is 1.56. The molecule has 0 bridgehead atoms. The first-order chi connectivity index (χ1) is 16.2. The van der Waals surface area contributed by atoms with Crippen molar-refractivity contribution in [1.29, 1.82) is 0 Å². The molecule has 0 radical (unpaired) electrons. The summed E-state index contributed by atoms with van der Waals surface area (Å²) in [6, 6.07) is 12.4. The summed E-state index contributed by atoms with van der Waals surface area (Å²) in [5, 5.41) is 53.0. The van der Waals surface area contributed by atoms with Crippen LogP contribution in [-0.2, 0) is 9.47 Å². The van der Waals surface area contributed by atoms with Crippen molar-refractivity contribution in [3.63, 3.8) is 0 Å². The van der Waals surface area contributed by atoms with E-state index in [4.69, 9.17) is 19.3 Å². The zero-order valence-electron chi connectivity index (χ0n) is 19.0. The number of amides is 1. The number of rotatable bonds is 9. The average Bonchev–Trinajstić information content (AvgIpc) is 2.85. The largest absolute Gasteiger partial charge is 0.461 e. The van der Waals surface area contributed by atoms with Crippen LogP contribution >= 0.6 is 0 Å². The van der Waals surface area contributed by atoms with Crippen molar-refractivity contribution in [3.8, 4) is 16.9 Å². The molecule has 1 saturated heterocycles. The molecule has 2 aromatic rings. The quantitative estimate of drug-likeness (QED) is 0.264. The number of benzene rings is 2. The molecule has 5 atom stereocenters. The van der Waals surface area contributed by atoms with E-state index in [-0.39, 0.29) is 19.1 Å². The predicted molar refractivity (Wildman–Crippen MR) is 121 cm³/mol. The Morgan fingerprint density at radius 1 is 1.15 bits per heavy atom. The third kappa shape index (κ3) is 5.39. The second-order valence-electron chi connectivity index (χ2n) is 8.15. The molecule has 1 fully saturated rings. The van der Waals surface area contributed by atoms with E-state index in [1.165, 1.54) is 0 Å². The molecule has 1 heterocycles. The van der Waals surface area contributed by atoms with Crippen molar-refractivity contribution in [2.45, 2.75) is 37.1 Å². The number of carbonyl (C=O) groups is 1. The van der Waals surface area contributed by atoms with Crippen molar-refractivity contribution in [2.75, 3.05) is 33.5 Å². The van der Waals surface area contributed by atoms with E-state index in [0.29, 0.717) is 16.9 Å². The maximum atomic E-state index is 11.9. The number of carbonyl (C=O) groups excluding carboxylic acids is 1. The highest BCUT2D eigenvalue weighted by atomic mass is 16.7. The Labute approximate surface area is 197 Å². The standard InChI is InChI=1S/C24H31NO9/c1-14-10-16(15-4-3-5-17(11-15)22(30)25-2)6-7-18(14)33-23-24(31,13-32-9-8-26)21(29)20(28)19(12-27)34-23/h3-7,10-11,19-21,23,26-29,31H,8-9,12-13H2,1-2H3,(H,25,30). The SMILES string of the molecule is CNC(=O)c1cccc(-c2ccc(OC3OC(CO)C(O)C(O)C3(O)COCCO)c(C)c2)c1. The van der Waals surface area contributed by atoms with Crippen LogP contribution in [0.5, 0.6) is 5.75 Å². The lowest BCUT2D eigenvalue weighted by Gasteiger charge is -2.47. The van der Waals surface area contributed by atoms with E-state index < -0.39 is 43.4 Å². The molecule has 2 aromatic carbocycles. The molecule has 1 aliphatic rings. The first kappa shape index (κ1) is 26.0. The topological polar surface area (TPSA) is 158 Å². The van der Waals surface area contributed by atoms with Gasteiger partial charge in [-0.1, -0.05) is 18.2 Å². The molecule has 3 rings (SSSR count). The highest BCUT2D eigenvalue weighted by Gasteiger charge is 2.56. The Kier molecular flexibility index (Phi) is 8.61. The van der Waals surface area contributed by atoms with Gasteiger partial charge in [0.15, 0.2) is 5.60 Å². The van der Waals surface area contributed by atoms with Gasteiger partial charge in [-0.25, -0.2) is 0 Å². The molecule has 1 aliphatic heterocycles. The number of hydrogen-bond acceptors (Lipinski definition) is 9. The number of aliphatic hydroxyl groups is 5. The van der Waals surface area contributed by atoms with E-state index in [2.05, 4.69) is 5.32 Å². The van der Waals surface area contributed by atoms with Crippen LogP contribution in [0.3, 0.4) is 0 Å². The maximum absolute atomic E-state index is 11.9. The van der Waals surface area contributed by atoms with Crippen LogP contribution in [0.1, 0.15) is 15.9 Å². The minimum Gasteiger partial charge on any atom is -0.461 e. The average molecular weight is 478 g/mol. The molecule has 1 amide bonds. The van der Waals surface area contributed by atoms with E-state index in [1.54, 1.807) is 44.3 Å². The maximum Gasteiger partial charge on any atom is 0.251 e. The van der Waals surface area contributed by atoms with Crippen molar-refractivity contribution in [1.82, 2.24) is 5.32 Å². The molecule has 0 aliphatic carbocycles. The van der Waals surface area contributed by atoms with Gasteiger partial charge in [0, 0.05) is 12.6 Å². The zero-order valence-corrected chi connectivity index (χ0v) is 19.0. The second-order valence-corrected chi connectivity index (χ2v) is 8.15. The zero-order chi connectivity index (χ0) is 24.9. The highest BCUT2D eigenvalue weighted by molar-refractivity contribution is 5.95. The van der Waals surface area contributed by atoms with Crippen molar-refractivity contribution in [2.24, 2.45) is 0 Å². The summed E-state index contributed by atoms with van der Waals surface area (Å²) in [6.45, 7) is 0.274. The third-order valence-corrected chi connectivity index (χ3v) is 5.77. The fourth-order valence-electron chi connectivity index (χ4n) is 3.79. The molecule has 186 valence electrons. The van der Waals surface area contributed by atoms with Gasteiger partial charge < -0.3 is 45.1 Å². The van der Waals surface area contributed by atoms with Gasteiger partial charge in [-0.2, -0.15) is 0 Å². The summed E-state index contributed by atoms with van der Waals surface area (Å²) in [4.78, 5) is 11.9. The summed E-state index contributed by atoms with van der Waals surface area (Å²) in [5.41, 5.74) is 0.658. The molecule has 0 aromatic heterocycles. The molecule has 10 heteroatoms. The normalized spacial score (nSPS) is 26.8. The lowest BCUT2D eigenvalue weighted by molar-refractivity contribution is -0.330. The Morgan fingerprint density at radius 2 is 1.88 bits per heavy atom. The summed E-state index contributed by atoms with van der Waals surface area (Å²) >= 11 is 0. The molecule has 34 heavy (non-hydrogen) atoms.